The maximum Gasteiger partial charge on any atom is 0.333 e. The molecule has 0 N–H and O–H groups in total. The van der Waals surface area contributed by atoms with Crippen LogP contribution in [0.2, 0.25) is 0 Å². The van der Waals surface area contributed by atoms with E-state index < -0.39 is 0 Å². The van der Waals surface area contributed by atoms with Gasteiger partial charge in [-0.2, -0.15) is 0 Å². The molecule has 0 amide bonds. The average molecular weight is 759 g/mol. The second kappa shape index (κ2) is 11.1. The van der Waals surface area contributed by atoms with Gasteiger partial charge in [0.05, 0.1) is 11.4 Å². The molecule has 0 bridgehead atoms. The third-order valence-electron chi connectivity index (χ3n) is 14.0. The van der Waals surface area contributed by atoms with Crippen molar-refractivity contribution in [2.24, 2.45) is 0 Å². The Kier molecular flexibility index (Phi) is 5.78. The van der Waals surface area contributed by atoms with Crippen molar-refractivity contribution in [3.05, 3.63) is 194 Å². The van der Waals surface area contributed by atoms with Crippen molar-refractivity contribution in [2.45, 2.75) is 0 Å². The van der Waals surface area contributed by atoms with Gasteiger partial charge < -0.3 is 18.8 Å². The molecule has 9 aromatic carbocycles. The van der Waals surface area contributed by atoms with E-state index in [-0.39, 0.29) is 13.7 Å². The highest BCUT2D eigenvalue weighted by atomic mass is 15.2. The quantitative estimate of drug-likeness (QED) is 0.163. The van der Waals surface area contributed by atoms with E-state index in [4.69, 9.17) is 0 Å². The molecule has 4 nitrogen and oxygen atoms in total. The topological polar surface area (TPSA) is 16.3 Å². The molecule has 60 heavy (non-hydrogen) atoms. The zero-order valence-electron chi connectivity index (χ0n) is 32.4. The van der Waals surface area contributed by atoms with Crippen molar-refractivity contribution in [1.82, 2.24) is 8.96 Å². The van der Waals surface area contributed by atoms with Crippen LogP contribution in [0, 0.1) is 0 Å². The molecule has 15 rings (SSSR count). The van der Waals surface area contributed by atoms with Gasteiger partial charge >= 0.3 is 13.7 Å². The maximum atomic E-state index is 2.69. The first kappa shape index (κ1) is 31.3. The molecule has 4 aliphatic rings. The monoisotopic (exact) mass is 758 g/mol. The summed E-state index contributed by atoms with van der Waals surface area (Å²) in [7, 11) is 0. The van der Waals surface area contributed by atoms with Gasteiger partial charge in [-0.25, -0.2) is 0 Å². The number of anilines is 6. The zero-order chi connectivity index (χ0) is 38.8. The molecule has 6 heteroatoms. The van der Waals surface area contributed by atoms with Crippen molar-refractivity contribution in [3.63, 3.8) is 0 Å². The lowest BCUT2D eigenvalue weighted by molar-refractivity contribution is 1.21. The lowest BCUT2D eigenvalue weighted by Gasteiger charge is -2.48. The van der Waals surface area contributed by atoms with Crippen LogP contribution in [0.25, 0.3) is 65.9 Å². The summed E-state index contributed by atoms with van der Waals surface area (Å²) in [5, 5.41) is 5.20. The van der Waals surface area contributed by atoms with Crippen molar-refractivity contribution in [2.75, 3.05) is 9.80 Å². The standard InChI is InChI=1S/C54H32B2N4/c1-3-17-33(18-4-1)57-45-31-13-9-27-41(45)55-49-47(39-25-15-23-37-35-21-7-11-29-43(35)59(55)51(37)39)48-40-26-16-24-38-36-22-8-12-30-44(36)60(52(38)40)56-42-28-10-14-32-46(42)58(34-19-5-2-6-20-34)54(50(48)56)53(49)57/h1-32H. The number of benzene rings is 9. The van der Waals surface area contributed by atoms with Crippen molar-refractivity contribution in [1.29, 1.82) is 0 Å². The van der Waals surface area contributed by atoms with E-state index in [1.54, 1.807) is 0 Å². The molecule has 0 aliphatic carbocycles. The number of rotatable bonds is 2. The third kappa shape index (κ3) is 3.60. The van der Waals surface area contributed by atoms with Crippen LogP contribution >= 0.6 is 0 Å². The molecule has 0 atom stereocenters. The predicted octanol–water partition coefficient (Wildman–Crippen LogP) is 10.7. The lowest BCUT2D eigenvalue weighted by Crippen LogP contribution is -2.62. The molecule has 11 aromatic rings. The van der Waals surface area contributed by atoms with Gasteiger partial charge in [-0.05, 0) is 81.5 Å². The fourth-order valence-electron chi connectivity index (χ4n) is 12.0. The lowest BCUT2D eigenvalue weighted by atomic mass is 9.40. The molecule has 0 radical (unpaired) electrons. The van der Waals surface area contributed by atoms with Crippen LogP contribution in [-0.2, 0) is 0 Å². The molecule has 4 aliphatic heterocycles. The third-order valence-corrected chi connectivity index (χ3v) is 14.0. The fraction of sp³-hybridized carbons (Fsp3) is 0. The first-order valence-corrected chi connectivity index (χ1v) is 21.0. The highest BCUT2D eigenvalue weighted by Crippen LogP contribution is 2.55. The van der Waals surface area contributed by atoms with Gasteiger partial charge in [0.1, 0.15) is 0 Å². The molecule has 0 fully saturated rings. The van der Waals surface area contributed by atoms with E-state index in [1.165, 1.54) is 110 Å². The molecule has 274 valence electrons. The molecular weight excluding hydrogens is 726 g/mol. The molecule has 0 spiro atoms. The second-order valence-electron chi connectivity index (χ2n) is 16.7. The first-order chi connectivity index (χ1) is 29.9. The summed E-state index contributed by atoms with van der Waals surface area (Å²) < 4.78 is 5.38. The van der Waals surface area contributed by atoms with Crippen LogP contribution in [0.15, 0.2) is 194 Å². The molecule has 0 saturated heterocycles. The van der Waals surface area contributed by atoms with Crippen LogP contribution in [0.3, 0.4) is 0 Å². The molecule has 0 saturated carbocycles. The minimum Gasteiger partial charge on any atom is -0.375 e. The Labute approximate surface area is 347 Å². The number of fused-ring (bicyclic) bond motifs is 16. The minimum absolute atomic E-state index is 0.0785. The van der Waals surface area contributed by atoms with E-state index in [1.807, 2.05) is 0 Å². The molecule has 0 unspecified atom stereocenters. The smallest absolute Gasteiger partial charge is 0.333 e. The number of hydrogen-bond acceptors (Lipinski definition) is 2. The van der Waals surface area contributed by atoms with Crippen molar-refractivity contribution < 1.29 is 0 Å². The van der Waals surface area contributed by atoms with E-state index in [0.29, 0.717) is 0 Å². The largest absolute Gasteiger partial charge is 0.375 e. The normalized spacial score (nSPS) is 13.9. The van der Waals surface area contributed by atoms with Gasteiger partial charge in [0, 0.05) is 77.5 Å². The summed E-state index contributed by atoms with van der Waals surface area (Å²) in [6.07, 6.45) is 0. The highest BCUT2D eigenvalue weighted by Gasteiger charge is 2.52. The van der Waals surface area contributed by atoms with Crippen LogP contribution in [-0.4, -0.2) is 22.7 Å². The number of para-hydroxylation sites is 8. The summed E-state index contributed by atoms with van der Waals surface area (Å²) in [4.78, 5) is 5.20. The summed E-state index contributed by atoms with van der Waals surface area (Å²) in [5.74, 6) is 0. The van der Waals surface area contributed by atoms with Crippen LogP contribution in [0.5, 0.6) is 0 Å². The Balaban J connectivity index is 1.25. The van der Waals surface area contributed by atoms with E-state index in [2.05, 4.69) is 213 Å². The highest BCUT2D eigenvalue weighted by molar-refractivity contribution is 6.94. The maximum absolute atomic E-state index is 2.69. The van der Waals surface area contributed by atoms with Gasteiger partial charge in [-0.3, -0.25) is 0 Å². The summed E-state index contributed by atoms with van der Waals surface area (Å²) in [6.45, 7) is -0.157. The average Bonchev–Trinajstić information content (AvgIpc) is 3.84. The summed E-state index contributed by atoms with van der Waals surface area (Å²) in [5.41, 5.74) is 23.0. The van der Waals surface area contributed by atoms with Gasteiger partial charge in [-0.1, -0.05) is 146 Å². The second-order valence-corrected chi connectivity index (χ2v) is 16.7. The Hall–Kier alpha value is -7.69. The van der Waals surface area contributed by atoms with Gasteiger partial charge in [-0.15, -0.1) is 0 Å². The van der Waals surface area contributed by atoms with E-state index in [9.17, 15) is 0 Å². The Morgan fingerprint density at radius 3 is 1.17 bits per heavy atom. The Morgan fingerprint density at radius 2 is 0.700 bits per heavy atom. The fourth-order valence-corrected chi connectivity index (χ4v) is 12.0. The zero-order valence-corrected chi connectivity index (χ0v) is 32.4. The van der Waals surface area contributed by atoms with E-state index >= 15 is 0 Å². The number of hydrogen-bond donors (Lipinski definition) is 0. The first-order valence-electron chi connectivity index (χ1n) is 21.0. The molecular formula is C54H32B2N4. The number of nitrogens with zero attached hydrogens (tertiary/aromatic N) is 4. The van der Waals surface area contributed by atoms with Crippen LogP contribution in [0.1, 0.15) is 0 Å². The molecule has 6 heterocycles. The van der Waals surface area contributed by atoms with Crippen LogP contribution in [0.4, 0.5) is 34.1 Å². The SMILES string of the molecule is c1ccc(N2c3ccccc3B3c4c(c5c6c(c42)N(c2ccccc2)c2ccccc2B6n2c4ccccc4c4cccc-5c42)-c2cccc4c5ccccc5n3c24)cc1. The van der Waals surface area contributed by atoms with E-state index in [0.717, 1.165) is 11.4 Å². The minimum atomic E-state index is -0.0785. The summed E-state index contributed by atoms with van der Waals surface area (Å²) in [6, 6.07) is 72.7. The van der Waals surface area contributed by atoms with Crippen molar-refractivity contribution >= 4 is 113 Å². The predicted molar refractivity (Wildman–Crippen MR) is 254 cm³/mol. The van der Waals surface area contributed by atoms with Crippen molar-refractivity contribution in [3.8, 4) is 22.3 Å². The number of aromatic nitrogens is 2. The van der Waals surface area contributed by atoms with Gasteiger partial charge in [0.15, 0.2) is 0 Å². The van der Waals surface area contributed by atoms with Crippen LogP contribution < -0.4 is 31.7 Å². The van der Waals surface area contributed by atoms with Gasteiger partial charge in [0.25, 0.3) is 0 Å². The Bertz CT molecular complexity index is 3460. The Morgan fingerprint density at radius 1 is 0.317 bits per heavy atom. The van der Waals surface area contributed by atoms with Gasteiger partial charge in [0.2, 0.25) is 0 Å². The summed E-state index contributed by atoms with van der Waals surface area (Å²) >= 11 is 0. The molecule has 2 aromatic heterocycles.